The van der Waals surface area contributed by atoms with Crippen molar-refractivity contribution in [3.63, 3.8) is 0 Å². The minimum Gasteiger partial charge on any atom is -0.444 e. The van der Waals surface area contributed by atoms with E-state index in [4.69, 9.17) is 4.74 Å². The molecule has 0 unspecified atom stereocenters. The number of amides is 2. The van der Waals surface area contributed by atoms with Crippen LogP contribution < -0.4 is 10.2 Å². The van der Waals surface area contributed by atoms with E-state index in [9.17, 15) is 9.59 Å². The fourth-order valence-electron chi connectivity index (χ4n) is 3.19. The molecule has 6 heteroatoms. The van der Waals surface area contributed by atoms with Crippen LogP contribution in [0, 0.1) is 0 Å². The van der Waals surface area contributed by atoms with Crippen molar-refractivity contribution in [2.24, 2.45) is 0 Å². The molecule has 1 N–H and O–H groups in total. The van der Waals surface area contributed by atoms with E-state index in [1.807, 2.05) is 0 Å². The predicted molar refractivity (Wildman–Crippen MR) is 108 cm³/mol. The Morgan fingerprint density at radius 2 is 1.74 bits per heavy atom. The molecule has 0 radical (unpaired) electrons. The lowest BCUT2D eigenvalue weighted by molar-refractivity contribution is -0.132. The van der Waals surface area contributed by atoms with Crippen LogP contribution in [-0.2, 0) is 16.1 Å². The SMILES string of the molecule is C[C@@H](NC(=O)OC(C)(C)C)C(=O)N(C)Cc1ccc(N2CCCCC2)cc1. The van der Waals surface area contributed by atoms with E-state index in [1.54, 1.807) is 39.6 Å². The average molecular weight is 376 g/mol. The molecule has 1 saturated heterocycles. The first-order valence-corrected chi connectivity index (χ1v) is 9.74. The van der Waals surface area contributed by atoms with Gasteiger partial charge in [-0.2, -0.15) is 0 Å². The Labute approximate surface area is 162 Å². The smallest absolute Gasteiger partial charge is 0.408 e. The number of carbonyl (C=O) groups excluding carboxylic acids is 2. The molecule has 1 aromatic carbocycles. The molecule has 0 bridgehead atoms. The summed E-state index contributed by atoms with van der Waals surface area (Å²) < 4.78 is 5.20. The maximum atomic E-state index is 12.5. The molecule has 1 aliphatic rings. The minimum absolute atomic E-state index is 0.152. The van der Waals surface area contributed by atoms with Crippen LogP contribution in [0.25, 0.3) is 0 Å². The second-order valence-corrected chi connectivity index (χ2v) is 8.28. The fraction of sp³-hybridized carbons (Fsp3) is 0.619. The van der Waals surface area contributed by atoms with Crippen LogP contribution in [0.2, 0.25) is 0 Å². The Hall–Kier alpha value is -2.24. The maximum absolute atomic E-state index is 12.5. The zero-order chi connectivity index (χ0) is 20.0. The summed E-state index contributed by atoms with van der Waals surface area (Å²) in [4.78, 5) is 28.4. The van der Waals surface area contributed by atoms with E-state index in [2.05, 4.69) is 34.5 Å². The average Bonchev–Trinajstić information content (AvgIpc) is 2.60. The van der Waals surface area contributed by atoms with Gasteiger partial charge in [0.15, 0.2) is 0 Å². The second-order valence-electron chi connectivity index (χ2n) is 8.28. The molecule has 2 rings (SSSR count). The Kier molecular flexibility index (Phi) is 7.11. The summed E-state index contributed by atoms with van der Waals surface area (Å²) in [6.45, 7) is 9.77. The molecule has 0 aliphatic carbocycles. The van der Waals surface area contributed by atoms with Crippen molar-refractivity contribution in [2.75, 3.05) is 25.0 Å². The molecule has 150 valence electrons. The first-order chi connectivity index (χ1) is 12.7. The zero-order valence-electron chi connectivity index (χ0n) is 17.2. The lowest BCUT2D eigenvalue weighted by Gasteiger charge is -2.29. The maximum Gasteiger partial charge on any atom is 0.408 e. The molecule has 27 heavy (non-hydrogen) atoms. The number of anilines is 1. The van der Waals surface area contributed by atoms with Gasteiger partial charge >= 0.3 is 6.09 Å². The van der Waals surface area contributed by atoms with Gasteiger partial charge in [-0.3, -0.25) is 4.79 Å². The number of nitrogens with zero attached hydrogens (tertiary/aromatic N) is 2. The number of alkyl carbamates (subject to hydrolysis) is 1. The Balaban J connectivity index is 1.86. The van der Waals surface area contributed by atoms with Gasteiger partial charge < -0.3 is 19.9 Å². The molecule has 6 nitrogen and oxygen atoms in total. The zero-order valence-corrected chi connectivity index (χ0v) is 17.2. The monoisotopic (exact) mass is 375 g/mol. The van der Waals surface area contributed by atoms with Crippen molar-refractivity contribution in [3.05, 3.63) is 29.8 Å². The molecule has 1 atom stereocenters. The van der Waals surface area contributed by atoms with Gasteiger partial charge in [0.05, 0.1) is 0 Å². The minimum atomic E-state index is -0.641. The highest BCUT2D eigenvalue weighted by Crippen LogP contribution is 2.20. The quantitative estimate of drug-likeness (QED) is 0.855. The lowest BCUT2D eigenvalue weighted by Crippen LogP contribution is -2.46. The summed E-state index contributed by atoms with van der Waals surface area (Å²) in [6.07, 6.45) is 3.24. The number of ether oxygens (including phenoxy) is 1. The summed E-state index contributed by atoms with van der Waals surface area (Å²) in [7, 11) is 1.74. The number of piperidine rings is 1. The van der Waals surface area contributed by atoms with Gasteiger partial charge in [-0.15, -0.1) is 0 Å². The van der Waals surface area contributed by atoms with Crippen LogP contribution in [-0.4, -0.2) is 48.7 Å². The Bertz CT molecular complexity index is 631. The van der Waals surface area contributed by atoms with E-state index >= 15 is 0 Å². The highest BCUT2D eigenvalue weighted by molar-refractivity contribution is 5.85. The topological polar surface area (TPSA) is 61.9 Å². The normalized spacial score (nSPS) is 15.8. The highest BCUT2D eigenvalue weighted by atomic mass is 16.6. The number of hydrogen-bond donors (Lipinski definition) is 1. The molecular weight excluding hydrogens is 342 g/mol. The van der Waals surface area contributed by atoms with Gasteiger partial charge in [-0.1, -0.05) is 12.1 Å². The van der Waals surface area contributed by atoms with Gasteiger partial charge in [0.1, 0.15) is 11.6 Å². The van der Waals surface area contributed by atoms with E-state index in [0.717, 1.165) is 18.7 Å². The molecule has 1 aliphatic heterocycles. The Morgan fingerprint density at radius 3 is 2.30 bits per heavy atom. The van der Waals surface area contributed by atoms with Crippen LogP contribution in [0.3, 0.4) is 0 Å². The predicted octanol–water partition coefficient (Wildman–Crippen LogP) is 3.55. The third-order valence-electron chi connectivity index (χ3n) is 4.56. The third-order valence-corrected chi connectivity index (χ3v) is 4.56. The van der Waals surface area contributed by atoms with E-state index < -0.39 is 17.7 Å². The third kappa shape index (κ3) is 6.77. The largest absolute Gasteiger partial charge is 0.444 e. The molecule has 1 heterocycles. The van der Waals surface area contributed by atoms with Gasteiger partial charge in [0, 0.05) is 32.4 Å². The lowest BCUT2D eigenvalue weighted by atomic mass is 10.1. The summed E-state index contributed by atoms with van der Waals surface area (Å²) >= 11 is 0. The van der Waals surface area contributed by atoms with Gasteiger partial charge in [-0.05, 0) is 64.7 Å². The van der Waals surface area contributed by atoms with Gasteiger partial charge in [0.2, 0.25) is 5.91 Å². The van der Waals surface area contributed by atoms with Crippen molar-refractivity contribution >= 4 is 17.7 Å². The molecule has 1 aromatic rings. The van der Waals surface area contributed by atoms with Crippen molar-refractivity contribution in [1.29, 1.82) is 0 Å². The van der Waals surface area contributed by atoms with Gasteiger partial charge in [0.25, 0.3) is 0 Å². The van der Waals surface area contributed by atoms with Crippen LogP contribution >= 0.6 is 0 Å². The number of rotatable bonds is 5. The van der Waals surface area contributed by atoms with Crippen molar-refractivity contribution < 1.29 is 14.3 Å². The number of hydrogen-bond acceptors (Lipinski definition) is 4. The summed E-state index contributed by atoms with van der Waals surface area (Å²) in [5.74, 6) is -0.152. The van der Waals surface area contributed by atoms with Crippen LogP contribution in [0.4, 0.5) is 10.5 Å². The van der Waals surface area contributed by atoms with Crippen LogP contribution in [0.1, 0.15) is 52.5 Å². The number of benzene rings is 1. The molecular formula is C21H33N3O3. The van der Waals surface area contributed by atoms with E-state index in [0.29, 0.717) is 6.54 Å². The Morgan fingerprint density at radius 1 is 1.15 bits per heavy atom. The standard InChI is InChI=1S/C21H33N3O3/c1-16(22-20(26)27-21(2,3)4)19(25)23(5)15-17-9-11-18(12-10-17)24-13-7-6-8-14-24/h9-12,16H,6-8,13-15H2,1-5H3,(H,22,26)/t16-/m1/s1. The van der Waals surface area contributed by atoms with Crippen molar-refractivity contribution in [2.45, 2.75) is 65.1 Å². The number of likely N-dealkylation sites (N-methyl/N-ethyl adjacent to an activating group) is 1. The molecule has 1 fully saturated rings. The summed E-state index contributed by atoms with van der Waals surface area (Å²) in [5, 5.41) is 2.60. The molecule has 2 amide bonds. The molecule has 0 spiro atoms. The first kappa shape index (κ1) is 21.1. The van der Waals surface area contributed by atoms with Crippen molar-refractivity contribution in [3.8, 4) is 0 Å². The van der Waals surface area contributed by atoms with Crippen LogP contribution in [0.5, 0.6) is 0 Å². The summed E-state index contributed by atoms with van der Waals surface area (Å²) in [6, 6.07) is 7.75. The van der Waals surface area contributed by atoms with E-state index in [1.165, 1.54) is 24.9 Å². The van der Waals surface area contributed by atoms with Gasteiger partial charge in [-0.25, -0.2) is 4.79 Å². The second kappa shape index (κ2) is 9.11. The first-order valence-electron chi connectivity index (χ1n) is 9.74. The number of nitrogens with one attached hydrogen (secondary N) is 1. The highest BCUT2D eigenvalue weighted by Gasteiger charge is 2.23. The molecule has 0 aromatic heterocycles. The fourth-order valence-corrected chi connectivity index (χ4v) is 3.19. The van der Waals surface area contributed by atoms with Crippen LogP contribution in [0.15, 0.2) is 24.3 Å². The van der Waals surface area contributed by atoms with E-state index in [-0.39, 0.29) is 5.91 Å². The summed E-state index contributed by atoms with van der Waals surface area (Å²) in [5.41, 5.74) is 1.72. The number of carbonyl (C=O) groups is 2. The molecule has 0 saturated carbocycles. The van der Waals surface area contributed by atoms with Crippen molar-refractivity contribution in [1.82, 2.24) is 10.2 Å².